The number of hydrogen-bond donors (Lipinski definition) is 0. The number of nitriles is 1. The molecular formula is C22H22F3N3O2. The number of hydrogen-bond acceptors (Lipinski definition) is 4. The van der Waals surface area contributed by atoms with E-state index in [0.29, 0.717) is 38.3 Å². The van der Waals surface area contributed by atoms with Crippen LogP contribution < -0.4 is 4.74 Å². The van der Waals surface area contributed by atoms with Gasteiger partial charge in [0.1, 0.15) is 5.75 Å². The number of alkyl halides is 3. The molecule has 30 heavy (non-hydrogen) atoms. The van der Waals surface area contributed by atoms with Gasteiger partial charge in [-0.2, -0.15) is 5.26 Å². The highest BCUT2D eigenvalue weighted by Gasteiger charge is 2.31. The Labute approximate surface area is 173 Å². The van der Waals surface area contributed by atoms with Crippen molar-refractivity contribution in [2.75, 3.05) is 26.2 Å². The summed E-state index contributed by atoms with van der Waals surface area (Å²) in [4.78, 5) is 16.8. The highest BCUT2D eigenvalue weighted by atomic mass is 19.4. The minimum absolute atomic E-state index is 0.0263. The number of amides is 1. The molecule has 2 aromatic rings. The fourth-order valence-electron chi connectivity index (χ4n) is 3.48. The molecule has 1 aliphatic heterocycles. The molecule has 0 spiro atoms. The van der Waals surface area contributed by atoms with Gasteiger partial charge in [0.2, 0.25) is 5.91 Å². The molecule has 1 fully saturated rings. The topological polar surface area (TPSA) is 56.6 Å². The molecule has 0 aliphatic carbocycles. The summed E-state index contributed by atoms with van der Waals surface area (Å²) in [5.41, 5.74) is 2.23. The number of rotatable bonds is 5. The molecule has 1 amide bonds. The van der Waals surface area contributed by atoms with Crippen molar-refractivity contribution in [3.05, 3.63) is 65.2 Å². The molecule has 1 heterocycles. The first-order chi connectivity index (χ1) is 14.2. The van der Waals surface area contributed by atoms with Crippen LogP contribution >= 0.6 is 0 Å². The van der Waals surface area contributed by atoms with Crippen LogP contribution in [0.1, 0.15) is 29.5 Å². The van der Waals surface area contributed by atoms with Crippen LogP contribution in [-0.2, 0) is 11.3 Å². The lowest BCUT2D eigenvalue weighted by Gasteiger charge is -2.36. The highest BCUT2D eigenvalue weighted by molar-refractivity contribution is 5.83. The molecule has 1 aliphatic rings. The predicted octanol–water partition coefficient (Wildman–Crippen LogP) is 3.90. The Morgan fingerprint density at radius 1 is 1.13 bits per heavy atom. The van der Waals surface area contributed by atoms with E-state index in [1.807, 2.05) is 17.9 Å². The zero-order chi connectivity index (χ0) is 21.7. The summed E-state index contributed by atoms with van der Waals surface area (Å²) in [6.45, 7) is 4.95. The second-order valence-corrected chi connectivity index (χ2v) is 7.25. The van der Waals surface area contributed by atoms with Gasteiger partial charge in [0.05, 0.1) is 17.6 Å². The van der Waals surface area contributed by atoms with Crippen LogP contribution in [0.5, 0.6) is 5.75 Å². The highest BCUT2D eigenvalue weighted by Crippen LogP contribution is 2.24. The van der Waals surface area contributed by atoms with Gasteiger partial charge < -0.3 is 9.64 Å². The smallest absolute Gasteiger partial charge is 0.406 e. The van der Waals surface area contributed by atoms with E-state index in [1.165, 1.54) is 12.1 Å². The molecule has 2 aromatic carbocycles. The standard InChI is InChI=1S/C22H22F3N3O2/c1-16(19-4-2-3-18(13-19)14-26)21(29)28-11-9-27(10-12-28)15-17-5-7-20(8-6-17)30-22(23,24)25/h2-8,13,16H,9-12,15H2,1H3. The third kappa shape index (κ3) is 5.74. The van der Waals surface area contributed by atoms with Crippen LogP contribution in [-0.4, -0.2) is 48.2 Å². The fraction of sp³-hybridized carbons (Fsp3) is 0.364. The van der Waals surface area contributed by atoms with Gasteiger partial charge in [0, 0.05) is 32.7 Å². The fourth-order valence-corrected chi connectivity index (χ4v) is 3.48. The lowest BCUT2D eigenvalue weighted by Crippen LogP contribution is -2.49. The molecule has 8 heteroatoms. The Morgan fingerprint density at radius 2 is 1.80 bits per heavy atom. The summed E-state index contributed by atoms with van der Waals surface area (Å²) in [6, 6.07) is 15.0. The summed E-state index contributed by atoms with van der Waals surface area (Å²) in [5, 5.41) is 9.04. The van der Waals surface area contributed by atoms with Gasteiger partial charge in [-0.3, -0.25) is 9.69 Å². The molecule has 0 N–H and O–H groups in total. The van der Waals surface area contributed by atoms with Crippen LogP contribution in [0, 0.1) is 11.3 Å². The number of halogens is 3. The van der Waals surface area contributed by atoms with E-state index in [4.69, 9.17) is 5.26 Å². The number of ether oxygens (including phenoxy) is 1. The van der Waals surface area contributed by atoms with E-state index >= 15 is 0 Å². The third-order valence-electron chi connectivity index (χ3n) is 5.13. The van der Waals surface area contributed by atoms with Crippen molar-refractivity contribution in [3.8, 4) is 11.8 Å². The third-order valence-corrected chi connectivity index (χ3v) is 5.13. The van der Waals surface area contributed by atoms with Crippen LogP contribution in [0.2, 0.25) is 0 Å². The molecule has 1 atom stereocenters. The van der Waals surface area contributed by atoms with E-state index in [-0.39, 0.29) is 17.6 Å². The second-order valence-electron chi connectivity index (χ2n) is 7.25. The Hall–Kier alpha value is -3.05. The van der Waals surface area contributed by atoms with Crippen LogP contribution in [0.25, 0.3) is 0 Å². The first-order valence-corrected chi connectivity index (χ1v) is 9.61. The Kier molecular flexibility index (Phi) is 6.63. The number of nitrogens with zero attached hydrogens (tertiary/aromatic N) is 3. The largest absolute Gasteiger partial charge is 0.573 e. The second kappa shape index (κ2) is 9.18. The van der Waals surface area contributed by atoms with Gasteiger partial charge in [-0.05, 0) is 42.3 Å². The lowest BCUT2D eigenvalue weighted by molar-refractivity contribution is -0.274. The monoisotopic (exact) mass is 417 g/mol. The Morgan fingerprint density at radius 3 is 2.40 bits per heavy atom. The average Bonchev–Trinajstić information content (AvgIpc) is 2.73. The van der Waals surface area contributed by atoms with Gasteiger partial charge in [0.25, 0.3) is 0 Å². The lowest BCUT2D eigenvalue weighted by atomic mass is 9.97. The van der Waals surface area contributed by atoms with E-state index in [9.17, 15) is 18.0 Å². The number of piperazine rings is 1. The molecule has 1 unspecified atom stereocenters. The molecule has 3 rings (SSSR count). The SMILES string of the molecule is CC(C(=O)N1CCN(Cc2ccc(OC(F)(F)F)cc2)CC1)c1cccc(C#N)c1. The maximum Gasteiger partial charge on any atom is 0.573 e. The number of benzene rings is 2. The molecule has 0 radical (unpaired) electrons. The first-order valence-electron chi connectivity index (χ1n) is 9.61. The molecule has 0 aromatic heterocycles. The van der Waals surface area contributed by atoms with Crippen molar-refractivity contribution < 1.29 is 22.7 Å². The summed E-state index contributed by atoms with van der Waals surface area (Å²) in [7, 11) is 0. The van der Waals surface area contributed by atoms with Gasteiger partial charge in [-0.15, -0.1) is 13.2 Å². The summed E-state index contributed by atoms with van der Waals surface area (Å²) in [6.07, 6.45) is -4.70. The van der Waals surface area contributed by atoms with Crippen LogP contribution in [0.4, 0.5) is 13.2 Å². The predicted molar refractivity (Wildman–Crippen MR) is 105 cm³/mol. The Balaban J connectivity index is 1.52. The molecule has 5 nitrogen and oxygen atoms in total. The maximum absolute atomic E-state index is 12.8. The number of carbonyl (C=O) groups excluding carboxylic acids is 1. The molecule has 158 valence electrons. The average molecular weight is 417 g/mol. The van der Waals surface area contributed by atoms with Crippen LogP contribution in [0.3, 0.4) is 0 Å². The van der Waals surface area contributed by atoms with Gasteiger partial charge in [0.15, 0.2) is 0 Å². The Bertz CT molecular complexity index is 914. The minimum Gasteiger partial charge on any atom is -0.406 e. The number of carbonyl (C=O) groups is 1. The summed E-state index contributed by atoms with van der Waals surface area (Å²) in [5.74, 6) is -0.541. The van der Waals surface area contributed by atoms with Crippen molar-refractivity contribution in [1.29, 1.82) is 5.26 Å². The zero-order valence-corrected chi connectivity index (χ0v) is 16.5. The van der Waals surface area contributed by atoms with E-state index in [2.05, 4.69) is 15.7 Å². The minimum atomic E-state index is -4.70. The van der Waals surface area contributed by atoms with Crippen molar-refractivity contribution in [2.45, 2.75) is 25.7 Å². The zero-order valence-electron chi connectivity index (χ0n) is 16.5. The van der Waals surface area contributed by atoms with E-state index in [0.717, 1.165) is 11.1 Å². The summed E-state index contributed by atoms with van der Waals surface area (Å²) < 4.78 is 40.6. The first kappa shape index (κ1) is 21.7. The maximum atomic E-state index is 12.8. The van der Waals surface area contributed by atoms with Crippen LogP contribution in [0.15, 0.2) is 48.5 Å². The van der Waals surface area contributed by atoms with Gasteiger partial charge >= 0.3 is 6.36 Å². The molecule has 0 bridgehead atoms. The summed E-state index contributed by atoms with van der Waals surface area (Å²) >= 11 is 0. The van der Waals surface area contributed by atoms with Crippen molar-refractivity contribution in [1.82, 2.24) is 9.80 Å². The quantitative estimate of drug-likeness (QED) is 0.740. The van der Waals surface area contributed by atoms with Crippen molar-refractivity contribution in [2.24, 2.45) is 0 Å². The molecule has 1 saturated heterocycles. The van der Waals surface area contributed by atoms with Gasteiger partial charge in [-0.25, -0.2) is 0 Å². The normalized spacial score (nSPS) is 16.0. The van der Waals surface area contributed by atoms with Crippen molar-refractivity contribution in [3.63, 3.8) is 0 Å². The molecular weight excluding hydrogens is 395 g/mol. The van der Waals surface area contributed by atoms with Gasteiger partial charge in [-0.1, -0.05) is 24.3 Å². The van der Waals surface area contributed by atoms with E-state index in [1.54, 1.807) is 30.3 Å². The molecule has 0 saturated carbocycles. The van der Waals surface area contributed by atoms with Crippen molar-refractivity contribution >= 4 is 5.91 Å². The van der Waals surface area contributed by atoms with E-state index < -0.39 is 6.36 Å².